The molecule has 0 spiro atoms. The van der Waals surface area contributed by atoms with Gasteiger partial charge in [-0.2, -0.15) is 0 Å². The fourth-order valence-electron chi connectivity index (χ4n) is 2.30. The highest BCUT2D eigenvalue weighted by Crippen LogP contribution is 2.31. The van der Waals surface area contributed by atoms with Crippen molar-refractivity contribution >= 4 is 15.9 Å². The van der Waals surface area contributed by atoms with Crippen LogP contribution in [0.1, 0.15) is 18.5 Å². The first kappa shape index (κ1) is 12.9. The molecule has 0 bridgehead atoms. The minimum absolute atomic E-state index is 0.393. The fraction of sp³-hybridized carbons (Fsp3) is 0.538. The highest BCUT2D eigenvalue weighted by Gasteiger charge is 2.20. The van der Waals surface area contributed by atoms with Crippen LogP contribution in [0.15, 0.2) is 22.7 Å². The molecule has 1 saturated heterocycles. The minimum Gasteiger partial charge on any atom is -0.496 e. The largest absolute Gasteiger partial charge is 0.496 e. The normalized spacial score (nSPS) is 19.0. The summed E-state index contributed by atoms with van der Waals surface area (Å²) in [5, 5.41) is 3.38. The first-order chi connectivity index (χ1) is 8.22. The number of methoxy groups -OCH3 is 1. The molecule has 2 rings (SSSR count). The summed E-state index contributed by atoms with van der Waals surface area (Å²) in [6, 6.07) is 6.60. The van der Waals surface area contributed by atoms with Crippen LogP contribution in [0.3, 0.4) is 0 Å². The smallest absolute Gasteiger partial charge is 0.123 e. The van der Waals surface area contributed by atoms with Crippen molar-refractivity contribution in [2.75, 3.05) is 33.3 Å². The number of rotatable bonds is 3. The molecule has 1 fully saturated rings. The Labute approximate surface area is 111 Å². The van der Waals surface area contributed by atoms with E-state index in [2.05, 4.69) is 39.1 Å². The maximum absolute atomic E-state index is 5.45. The molecule has 1 heterocycles. The average molecular weight is 299 g/mol. The predicted molar refractivity (Wildman–Crippen MR) is 73.6 cm³/mol. The lowest BCUT2D eigenvalue weighted by atomic mass is 10.1. The van der Waals surface area contributed by atoms with Crippen LogP contribution in [0.4, 0.5) is 0 Å². The third-order valence-electron chi connectivity index (χ3n) is 3.34. The predicted octanol–water partition coefficient (Wildman–Crippen LogP) is 2.42. The van der Waals surface area contributed by atoms with Gasteiger partial charge in [-0.3, -0.25) is 4.90 Å². The standard InChI is InChI=1S/C13H19BrN2O/c1-10(16-7-5-15-6-8-16)12-9-11(14)3-4-13(12)17-2/h3-4,9-10,15H,5-8H2,1-2H3/t10-/m1/s1. The molecule has 3 nitrogen and oxygen atoms in total. The van der Waals surface area contributed by atoms with E-state index in [0.717, 1.165) is 36.4 Å². The molecule has 1 N–H and O–H groups in total. The van der Waals surface area contributed by atoms with Crippen molar-refractivity contribution < 1.29 is 4.74 Å². The van der Waals surface area contributed by atoms with Gasteiger partial charge in [-0.25, -0.2) is 0 Å². The van der Waals surface area contributed by atoms with Crippen LogP contribution in [0, 0.1) is 0 Å². The maximum atomic E-state index is 5.45. The molecule has 4 heteroatoms. The molecular formula is C13H19BrN2O. The third-order valence-corrected chi connectivity index (χ3v) is 3.83. The Bertz CT molecular complexity index is 378. The van der Waals surface area contributed by atoms with E-state index in [4.69, 9.17) is 4.74 Å². The molecule has 1 aromatic carbocycles. The van der Waals surface area contributed by atoms with E-state index in [1.165, 1.54) is 5.56 Å². The molecule has 1 aromatic rings. The van der Waals surface area contributed by atoms with Gasteiger partial charge in [-0.15, -0.1) is 0 Å². The number of nitrogens with one attached hydrogen (secondary N) is 1. The number of nitrogens with zero attached hydrogens (tertiary/aromatic N) is 1. The van der Waals surface area contributed by atoms with Crippen molar-refractivity contribution in [3.8, 4) is 5.75 Å². The van der Waals surface area contributed by atoms with E-state index in [0.29, 0.717) is 6.04 Å². The molecule has 0 aliphatic carbocycles. The molecule has 0 radical (unpaired) electrons. The highest BCUT2D eigenvalue weighted by atomic mass is 79.9. The summed E-state index contributed by atoms with van der Waals surface area (Å²) in [5.41, 5.74) is 1.25. The van der Waals surface area contributed by atoms with Gasteiger partial charge >= 0.3 is 0 Å². The van der Waals surface area contributed by atoms with Crippen LogP contribution in [0.5, 0.6) is 5.75 Å². The van der Waals surface area contributed by atoms with Gasteiger partial charge in [0.05, 0.1) is 7.11 Å². The Balaban J connectivity index is 2.21. The van der Waals surface area contributed by atoms with Crippen molar-refractivity contribution in [2.45, 2.75) is 13.0 Å². The quantitative estimate of drug-likeness (QED) is 0.927. The molecule has 0 saturated carbocycles. The lowest BCUT2D eigenvalue weighted by Gasteiger charge is -2.33. The van der Waals surface area contributed by atoms with E-state index >= 15 is 0 Å². The Morgan fingerprint density at radius 2 is 2.06 bits per heavy atom. The van der Waals surface area contributed by atoms with E-state index in [1.807, 2.05) is 12.1 Å². The van der Waals surface area contributed by atoms with Crippen LogP contribution < -0.4 is 10.1 Å². The average Bonchev–Trinajstić information content (AvgIpc) is 2.39. The first-order valence-corrected chi connectivity index (χ1v) is 6.80. The van der Waals surface area contributed by atoms with Gasteiger partial charge in [0.15, 0.2) is 0 Å². The monoisotopic (exact) mass is 298 g/mol. The molecule has 0 aromatic heterocycles. The summed E-state index contributed by atoms with van der Waals surface area (Å²) >= 11 is 3.53. The zero-order valence-corrected chi connectivity index (χ0v) is 12.0. The van der Waals surface area contributed by atoms with Gasteiger partial charge < -0.3 is 10.1 Å². The molecule has 1 atom stereocenters. The van der Waals surface area contributed by atoms with Crippen molar-refractivity contribution in [1.29, 1.82) is 0 Å². The number of halogens is 1. The van der Waals surface area contributed by atoms with Gasteiger partial charge in [-0.05, 0) is 25.1 Å². The molecule has 1 aliphatic heterocycles. The van der Waals surface area contributed by atoms with Crippen LogP contribution in [0.2, 0.25) is 0 Å². The summed E-state index contributed by atoms with van der Waals surface area (Å²) in [6.07, 6.45) is 0. The van der Waals surface area contributed by atoms with E-state index in [-0.39, 0.29) is 0 Å². The Kier molecular flexibility index (Phi) is 4.42. The molecule has 0 amide bonds. The lowest BCUT2D eigenvalue weighted by molar-refractivity contribution is 0.182. The Morgan fingerprint density at radius 3 is 2.71 bits per heavy atom. The van der Waals surface area contributed by atoms with Crippen LogP contribution in [-0.4, -0.2) is 38.2 Å². The van der Waals surface area contributed by atoms with Gasteiger partial charge in [0.25, 0.3) is 0 Å². The SMILES string of the molecule is COc1ccc(Br)cc1[C@@H](C)N1CCNCC1. The van der Waals surface area contributed by atoms with Gasteiger partial charge in [-0.1, -0.05) is 15.9 Å². The van der Waals surface area contributed by atoms with E-state index in [9.17, 15) is 0 Å². The van der Waals surface area contributed by atoms with Crippen molar-refractivity contribution in [1.82, 2.24) is 10.2 Å². The maximum Gasteiger partial charge on any atom is 0.123 e. The molecular weight excluding hydrogens is 280 g/mol. The summed E-state index contributed by atoms with van der Waals surface area (Å²) in [6.45, 7) is 6.57. The number of ether oxygens (including phenoxy) is 1. The van der Waals surface area contributed by atoms with Crippen LogP contribution >= 0.6 is 15.9 Å². The minimum atomic E-state index is 0.393. The second kappa shape index (κ2) is 5.85. The topological polar surface area (TPSA) is 24.5 Å². The van der Waals surface area contributed by atoms with E-state index < -0.39 is 0 Å². The Hall–Kier alpha value is -0.580. The van der Waals surface area contributed by atoms with Gasteiger partial charge in [0.2, 0.25) is 0 Å². The van der Waals surface area contributed by atoms with Crippen molar-refractivity contribution in [2.24, 2.45) is 0 Å². The van der Waals surface area contributed by atoms with Gasteiger partial charge in [0, 0.05) is 42.3 Å². The zero-order chi connectivity index (χ0) is 12.3. The molecule has 1 aliphatic rings. The molecule has 0 unspecified atom stereocenters. The second-order valence-electron chi connectivity index (χ2n) is 4.35. The Morgan fingerprint density at radius 1 is 1.35 bits per heavy atom. The molecule has 17 heavy (non-hydrogen) atoms. The second-order valence-corrected chi connectivity index (χ2v) is 5.26. The number of piperazine rings is 1. The zero-order valence-electron chi connectivity index (χ0n) is 10.4. The molecule has 94 valence electrons. The van der Waals surface area contributed by atoms with Crippen molar-refractivity contribution in [3.63, 3.8) is 0 Å². The van der Waals surface area contributed by atoms with Crippen molar-refractivity contribution in [3.05, 3.63) is 28.2 Å². The fourth-order valence-corrected chi connectivity index (χ4v) is 2.68. The highest BCUT2D eigenvalue weighted by molar-refractivity contribution is 9.10. The summed E-state index contributed by atoms with van der Waals surface area (Å²) in [7, 11) is 1.73. The summed E-state index contributed by atoms with van der Waals surface area (Å²) in [4.78, 5) is 2.49. The third kappa shape index (κ3) is 3.00. The summed E-state index contributed by atoms with van der Waals surface area (Å²) < 4.78 is 6.56. The number of hydrogen-bond acceptors (Lipinski definition) is 3. The van der Waals surface area contributed by atoms with E-state index in [1.54, 1.807) is 7.11 Å². The van der Waals surface area contributed by atoms with Gasteiger partial charge in [0.1, 0.15) is 5.75 Å². The number of benzene rings is 1. The summed E-state index contributed by atoms with van der Waals surface area (Å²) in [5.74, 6) is 0.972. The van der Waals surface area contributed by atoms with Crippen LogP contribution in [0.25, 0.3) is 0 Å². The lowest BCUT2D eigenvalue weighted by Crippen LogP contribution is -2.44. The first-order valence-electron chi connectivity index (χ1n) is 6.00. The van der Waals surface area contributed by atoms with Crippen LogP contribution in [-0.2, 0) is 0 Å². The number of hydrogen-bond donors (Lipinski definition) is 1.